The molecule has 0 radical (unpaired) electrons. The molecular formula is C26H27N5OS. The Morgan fingerprint density at radius 3 is 2.33 bits per heavy atom. The quantitative estimate of drug-likeness (QED) is 0.347. The second kappa shape index (κ2) is 10.4. The fourth-order valence-corrected chi connectivity index (χ4v) is 4.58. The van der Waals surface area contributed by atoms with Gasteiger partial charge in [0.2, 0.25) is 5.91 Å². The lowest BCUT2D eigenvalue weighted by Crippen LogP contribution is -2.32. The molecule has 2 heterocycles. The molecule has 0 fully saturated rings. The van der Waals surface area contributed by atoms with E-state index in [0.717, 1.165) is 29.1 Å². The van der Waals surface area contributed by atoms with Gasteiger partial charge in [-0.2, -0.15) is 0 Å². The van der Waals surface area contributed by atoms with Crippen molar-refractivity contribution in [1.29, 1.82) is 0 Å². The van der Waals surface area contributed by atoms with E-state index in [-0.39, 0.29) is 11.2 Å². The van der Waals surface area contributed by atoms with Crippen LogP contribution in [0.3, 0.4) is 0 Å². The molecule has 2 aromatic carbocycles. The second-order valence-corrected chi connectivity index (χ2v) is 9.15. The minimum atomic E-state index is -0.318. The molecule has 0 spiro atoms. The number of hydrogen-bond acceptors (Lipinski definition) is 5. The van der Waals surface area contributed by atoms with E-state index >= 15 is 0 Å². The van der Waals surface area contributed by atoms with Crippen molar-refractivity contribution in [2.24, 2.45) is 0 Å². The Bertz CT molecular complexity index is 1190. The summed E-state index contributed by atoms with van der Waals surface area (Å²) < 4.78 is 2.01. The number of aromatic nitrogens is 4. The van der Waals surface area contributed by atoms with Crippen molar-refractivity contribution in [2.45, 2.75) is 37.2 Å². The van der Waals surface area contributed by atoms with Gasteiger partial charge in [-0.15, -0.1) is 10.2 Å². The molecule has 4 rings (SSSR count). The average Bonchev–Trinajstić information content (AvgIpc) is 3.28. The second-order valence-electron chi connectivity index (χ2n) is 7.84. The normalized spacial score (nSPS) is 11.8. The average molecular weight is 458 g/mol. The molecule has 0 N–H and O–H groups in total. The Hall–Kier alpha value is -3.45. The maximum atomic E-state index is 13.1. The van der Waals surface area contributed by atoms with Gasteiger partial charge in [-0.1, -0.05) is 61.2 Å². The highest BCUT2D eigenvalue weighted by molar-refractivity contribution is 8.00. The van der Waals surface area contributed by atoms with Gasteiger partial charge in [-0.05, 0) is 48.7 Å². The minimum Gasteiger partial charge on any atom is -0.340 e. The molecule has 6 nitrogen and oxygen atoms in total. The van der Waals surface area contributed by atoms with Crippen LogP contribution >= 0.6 is 11.8 Å². The molecule has 1 atom stereocenters. The summed E-state index contributed by atoms with van der Waals surface area (Å²) in [5.41, 5.74) is 4.25. The summed E-state index contributed by atoms with van der Waals surface area (Å²) in [5, 5.41) is 9.29. The molecule has 168 valence electrons. The third-order valence-electron chi connectivity index (χ3n) is 5.44. The first-order valence-corrected chi connectivity index (χ1v) is 11.9. The van der Waals surface area contributed by atoms with Crippen LogP contribution in [0.2, 0.25) is 0 Å². The van der Waals surface area contributed by atoms with E-state index in [0.29, 0.717) is 11.7 Å². The van der Waals surface area contributed by atoms with Gasteiger partial charge >= 0.3 is 0 Å². The van der Waals surface area contributed by atoms with E-state index in [1.807, 2.05) is 61.0 Å². The van der Waals surface area contributed by atoms with Crippen LogP contribution in [0.25, 0.3) is 17.1 Å². The predicted molar refractivity (Wildman–Crippen MR) is 132 cm³/mol. The van der Waals surface area contributed by atoms with Gasteiger partial charge in [0.25, 0.3) is 0 Å². The van der Waals surface area contributed by atoms with Crippen molar-refractivity contribution in [2.75, 3.05) is 7.05 Å². The van der Waals surface area contributed by atoms with Crippen LogP contribution in [0.4, 0.5) is 0 Å². The summed E-state index contributed by atoms with van der Waals surface area (Å²) in [5.74, 6) is 0.770. The van der Waals surface area contributed by atoms with E-state index in [1.54, 1.807) is 17.3 Å². The fraction of sp³-hybridized carbons (Fsp3) is 0.231. The van der Waals surface area contributed by atoms with Crippen LogP contribution in [-0.4, -0.2) is 42.9 Å². The lowest BCUT2D eigenvalue weighted by Gasteiger charge is -2.21. The SMILES string of the molecule is CCc1ccc(-n2c(S[C@@H](C)C(=O)N(C)Cc3ccccc3)nnc2-c2ccncc2)cc1. The van der Waals surface area contributed by atoms with Crippen molar-refractivity contribution in [3.05, 3.63) is 90.3 Å². The third kappa shape index (κ3) is 5.31. The van der Waals surface area contributed by atoms with Gasteiger partial charge in [0.1, 0.15) is 0 Å². The first-order chi connectivity index (χ1) is 16.1. The number of amides is 1. The number of aryl methyl sites for hydroxylation is 1. The van der Waals surface area contributed by atoms with Crippen LogP contribution < -0.4 is 0 Å². The van der Waals surface area contributed by atoms with Gasteiger partial charge in [0, 0.05) is 37.2 Å². The van der Waals surface area contributed by atoms with E-state index in [2.05, 4.69) is 46.4 Å². The van der Waals surface area contributed by atoms with Crippen molar-refractivity contribution in [3.8, 4) is 17.1 Å². The molecule has 0 aliphatic heterocycles. The summed E-state index contributed by atoms with van der Waals surface area (Å²) in [6.07, 6.45) is 4.46. The van der Waals surface area contributed by atoms with E-state index in [1.165, 1.54) is 17.3 Å². The van der Waals surface area contributed by atoms with Crippen LogP contribution in [0.1, 0.15) is 25.0 Å². The number of pyridine rings is 1. The Morgan fingerprint density at radius 1 is 0.970 bits per heavy atom. The highest BCUT2D eigenvalue weighted by atomic mass is 32.2. The topological polar surface area (TPSA) is 63.9 Å². The molecule has 4 aromatic rings. The number of hydrogen-bond donors (Lipinski definition) is 0. The van der Waals surface area contributed by atoms with Crippen molar-refractivity contribution < 1.29 is 4.79 Å². The predicted octanol–water partition coefficient (Wildman–Crippen LogP) is 5.03. The summed E-state index contributed by atoms with van der Waals surface area (Å²) in [6, 6.07) is 22.2. The monoisotopic (exact) mass is 457 g/mol. The summed E-state index contributed by atoms with van der Waals surface area (Å²) >= 11 is 1.42. The lowest BCUT2D eigenvalue weighted by molar-refractivity contribution is -0.129. The smallest absolute Gasteiger partial charge is 0.235 e. The maximum Gasteiger partial charge on any atom is 0.235 e. The molecule has 0 saturated carbocycles. The Labute approximate surface area is 198 Å². The molecule has 0 aliphatic rings. The molecular weight excluding hydrogens is 430 g/mol. The summed E-state index contributed by atoms with van der Waals surface area (Å²) in [6.45, 7) is 4.62. The van der Waals surface area contributed by atoms with Crippen LogP contribution in [0.5, 0.6) is 0 Å². The summed E-state index contributed by atoms with van der Waals surface area (Å²) in [4.78, 5) is 19.0. The van der Waals surface area contributed by atoms with Crippen molar-refractivity contribution in [3.63, 3.8) is 0 Å². The van der Waals surface area contributed by atoms with E-state index in [9.17, 15) is 4.79 Å². The summed E-state index contributed by atoms with van der Waals surface area (Å²) in [7, 11) is 1.84. The van der Waals surface area contributed by atoms with E-state index < -0.39 is 0 Å². The standard InChI is InChI=1S/C26H27N5OS/c1-4-20-10-12-23(13-11-20)31-24(22-14-16-27-17-15-22)28-29-26(31)33-19(2)25(32)30(3)18-21-8-6-5-7-9-21/h5-17,19H,4,18H2,1-3H3/t19-/m0/s1. The molecule has 0 unspecified atom stereocenters. The zero-order chi connectivity index (χ0) is 23.2. The van der Waals surface area contributed by atoms with Crippen LogP contribution in [-0.2, 0) is 17.8 Å². The van der Waals surface area contributed by atoms with Crippen LogP contribution in [0, 0.1) is 0 Å². The van der Waals surface area contributed by atoms with Crippen molar-refractivity contribution >= 4 is 17.7 Å². The minimum absolute atomic E-state index is 0.0465. The molecule has 7 heteroatoms. The number of carbonyl (C=O) groups excluding carboxylic acids is 1. The molecule has 0 aliphatic carbocycles. The van der Waals surface area contributed by atoms with Gasteiger partial charge in [0.15, 0.2) is 11.0 Å². The van der Waals surface area contributed by atoms with Crippen molar-refractivity contribution in [1.82, 2.24) is 24.6 Å². The molecule has 33 heavy (non-hydrogen) atoms. The number of nitrogens with zero attached hydrogens (tertiary/aromatic N) is 5. The Morgan fingerprint density at radius 2 is 1.67 bits per heavy atom. The first kappa shape index (κ1) is 22.7. The number of rotatable bonds is 8. The largest absolute Gasteiger partial charge is 0.340 e. The first-order valence-electron chi connectivity index (χ1n) is 11.0. The van der Waals surface area contributed by atoms with Gasteiger partial charge < -0.3 is 4.90 Å². The fourth-order valence-electron chi connectivity index (χ4n) is 3.60. The number of benzene rings is 2. The van der Waals surface area contributed by atoms with Gasteiger partial charge in [0.05, 0.1) is 5.25 Å². The third-order valence-corrected chi connectivity index (χ3v) is 6.47. The zero-order valence-electron chi connectivity index (χ0n) is 19.0. The Kier molecular flexibility index (Phi) is 7.19. The highest BCUT2D eigenvalue weighted by Crippen LogP contribution is 2.30. The number of thioether (sulfide) groups is 1. The Balaban J connectivity index is 1.61. The maximum absolute atomic E-state index is 13.1. The highest BCUT2D eigenvalue weighted by Gasteiger charge is 2.24. The molecule has 2 aromatic heterocycles. The lowest BCUT2D eigenvalue weighted by atomic mass is 10.1. The van der Waals surface area contributed by atoms with Gasteiger partial charge in [-0.25, -0.2) is 0 Å². The van der Waals surface area contributed by atoms with Crippen LogP contribution in [0.15, 0.2) is 84.3 Å². The van der Waals surface area contributed by atoms with Gasteiger partial charge in [-0.3, -0.25) is 14.3 Å². The molecule has 0 saturated heterocycles. The number of carbonyl (C=O) groups is 1. The molecule has 1 amide bonds. The molecule has 0 bridgehead atoms. The van der Waals surface area contributed by atoms with E-state index in [4.69, 9.17) is 0 Å². The zero-order valence-corrected chi connectivity index (χ0v) is 19.9.